The molecule has 1 aliphatic heterocycles. The highest BCUT2D eigenvalue weighted by Crippen LogP contribution is 2.27. The zero-order valence-corrected chi connectivity index (χ0v) is 54.9. The number of nitrogens with one attached hydrogen (secondary N) is 4. The van der Waals surface area contributed by atoms with Crippen molar-refractivity contribution in [2.24, 2.45) is 47.3 Å². The van der Waals surface area contributed by atoms with E-state index in [1.807, 2.05) is 62.3 Å². The van der Waals surface area contributed by atoms with Crippen molar-refractivity contribution in [2.45, 2.75) is 210 Å². The van der Waals surface area contributed by atoms with Crippen molar-refractivity contribution in [1.29, 1.82) is 0 Å². The molecule has 0 saturated carbocycles. The van der Waals surface area contributed by atoms with Gasteiger partial charge in [-0.25, -0.2) is 0 Å². The number of aliphatic hydroxyl groups is 1. The van der Waals surface area contributed by atoms with Crippen LogP contribution in [0.4, 0.5) is 0 Å². The van der Waals surface area contributed by atoms with E-state index >= 15 is 9.59 Å². The zero-order chi connectivity index (χ0) is 64.6. The van der Waals surface area contributed by atoms with E-state index in [0.29, 0.717) is 0 Å². The van der Waals surface area contributed by atoms with Crippen LogP contribution in [0.25, 0.3) is 0 Å². The quantitative estimate of drug-likeness (QED) is 0.168. The Morgan fingerprint density at radius 3 is 1.22 bits per heavy atom. The van der Waals surface area contributed by atoms with Crippen molar-refractivity contribution in [1.82, 2.24) is 55.6 Å². The first-order valence-corrected chi connectivity index (χ1v) is 29.8. The van der Waals surface area contributed by atoms with Crippen LogP contribution in [0.15, 0.2) is 0 Å². The topological polar surface area (TPSA) is 279 Å². The molecule has 0 aliphatic carbocycles. The van der Waals surface area contributed by atoms with Crippen molar-refractivity contribution in [3.63, 3.8) is 0 Å². The van der Waals surface area contributed by atoms with Crippen LogP contribution in [0.5, 0.6) is 0 Å². The van der Waals surface area contributed by atoms with Crippen molar-refractivity contribution >= 4 is 65.0 Å². The number of aliphatic hydroxyl groups excluding tert-OH is 1. The second kappa shape index (κ2) is 33.6. The molecule has 0 aromatic carbocycles. The molecule has 476 valence electrons. The lowest BCUT2D eigenvalue weighted by Gasteiger charge is -2.42. The molecule has 1 rings (SSSR count). The minimum absolute atomic E-state index is 0.124. The maximum atomic E-state index is 15.1. The second-order valence-electron chi connectivity index (χ2n) is 25.9. The van der Waals surface area contributed by atoms with Gasteiger partial charge in [-0.15, -0.1) is 0 Å². The van der Waals surface area contributed by atoms with E-state index in [4.69, 9.17) is 0 Å². The lowest BCUT2D eigenvalue weighted by atomic mass is 9.85. The summed E-state index contributed by atoms with van der Waals surface area (Å²) in [6.07, 6.45) is 0.940. The highest BCUT2D eigenvalue weighted by Gasteiger charge is 2.45. The Balaban J connectivity index is 4.25. The van der Waals surface area contributed by atoms with E-state index in [2.05, 4.69) is 21.3 Å². The van der Waals surface area contributed by atoms with Gasteiger partial charge >= 0.3 is 0 Å². The molecular formula is C60H109N11O12. The molecule has 23 heteroatoms. The summed E-state index contributed by atoms with van der Waals surface area (Å²) < 4.78 is 0. The lowest BCUT2D eigenvalue weighted by molar-refractivity contribution is -0.156. The van der Waals surface area contributed by atoms with E-state index in [1.54, 1.807) is 34.6 Å². The first kappa shape index (κ1) is 75.1. The van der Waals surface area contributed by atoms with Crippen LogP contribution >= 0.6 is 0 Å². The lowest BCUT2D eigenvalue weighted by Crippen LogP contribution is -2.62. The summed E-state index contributed by atoms with van der Waals surface area (Å²) >= 11 is 0. The Bertz CT molecular complexity index is 2240. The van der Waals surface area contributed by atoms with Gasteiger partial charge < -0.3 is 60.7 Å². The molecule has 1 saturated heterocycles. The molecule has 0 spiro atoms. The van der Waals surface area contributed by atoms with Gasteiger partial charge in [0.1, 0.15) is 60.4 Å². The van der Waals surface area contributed by atoms with Gasteiger partial charge in [0.2, 0.25) is 65.0 Å². The fraction of sp³-hybridized carbons (Fsp3) is 0.817. The average Bonchev–Trinajstić information content (AvgIpc) is 3.50. The van der Waals surface area contributed by atoms with Crippen molar-refractivity contribution < 1.29 is 57.8 Å². The van der Waals surface area contributed by atoms with Gasteiger partial charge in [-0.3, -0.25) is 52.7 Å². The van der Waals surface area contributed by atoms with E-state index in [9.17, 15) is 48.3 Å². The first-order valence-electron chi connectivity index (χ1n) is 29.8. The molecule has 0 unspecified atom stereocenters. The number of amides is 11. The molecular weight excluding hydrogens is 1070 g/mol. The largest absolute Gasteiger partial charge is 0.396 e. The minimum atomic E-state index is -1.24. The van der Waals surface area contributed by atoms with Crippen molar-refractivity contribution in [2.75, 3.05) is 62.5 Å². The standard InChI is InChI=1S/C60H109N11O12/c1-32(2)27-43-53(76)64-48(36(9)10)59(82)67(20)44(28-33(3)4)52(75)61-40(15)51(74)62-42(17)56(79)68(21)45(29-34(5)6)57(80)69(22)46(30-35(7)8)58(81)70(23)49(37(11)12)60(83)71(24)50(39(14)38(13)25-26-72)54(77)63-41(16)55(78)65(18)31-47(73)66(43)19/h32-46,48-50,72H,25-31H2,1-24H3,(H,61,75)(H,62,74)(H,63,77)(H,64,76)/t38-,39-,40+,41+,42-,43+,44+,45+,46+,48+,49+,50+/m1/s1. The third kappa shape index (κ3) is 21.0. The number of carbonyl (C=O) groups is 11. The van der Waals surface area contributed by atoms with Crippen molar-refractivity contribution in [3.05, 3.63) is 0 Å². The number of likely N-dealkylation sites (N-methyl/N-ethyl adjacent to an activating group) is 7. The molecule has 1 fully saturated rings. The number of hydrogen-bond acceptors (Lipinski definition) is 12. The summed E-state index contributed by atoms with van der Waals surface area (Å²) in [5.41, 5.74) is 0. The fourth-order valence-corrected chi connectivity index (χ4v) is 10.7. The average molecular weight is 1180 g/mol. The van der Waals surface area contributed by atoms with E-state index in [0.717, 1.165) is 4.90 Å². The third-order valence-corrected chi connectivity index (χ3v) is 16.1. The molecule has 5 N–H and O–H groups in total. The van der Waals surface area contributed by atoms with Gasteiger partial charge in [0.05, 0.1) is 6.54 Å². The predicted octanol–water partition coefficient (Wildman–Crippen LogP) is 2.57. The summed E-state index contributed by atoms with van der Waals surface area (Å²) in [6, 6.07) is -11.8. The normalized spacial score (nSPS) is 27.2. The molecule has 23 nitrogen and oxygen atoms in total. The monoisotopic (exact) mass is 1180 g/mol. The van der Waals surface area contributed by atoms with Gasteiger partial charge in [-0.2, -0.15) is 0 Å². The Morgan fingerprint density at radius 2 is 0.771 bits per heavy atom. The molecule has 0 aromatic heterocycles. The molecule has 0 radical (unpaired) electrons. The van der Waals surface area contributed by atoms with Gasteiger partial charge in [0.15, 0.2) is 0 Å². The van der Waals surface area contributed by atoms with Crippen LogP contribution in [0.2, 0.25) is 0 Å². The van der Waals surface area contributed by atoms with Gasteiger partial charge in [-0.1, -0.05) is 96.9 Å². The van der Waals surface area contributed by atoms with E-state index in [1.165, 1.54) is 99.5 Å². The molecule has 11 amide bonds. The Kier molecular flexibility index (Phi) is 30.4. The molecule has 0 aromatic rings. The third-order valence-electron chi connectivity index (χ3n) is 16.1. The minimum Gasteiger partial charge on any atom is -0.396 e. The number of hydrogen-bond donors (Lipinski definition) is 5. The Morgan fingerprint density at radius 1 is 0.398 bits per heavy atom. The predicted molar refractivity (Wildman–Crippen MR) is 319 cm³/mol. The Hall–Kier alpha value is -5.87. The summed E-state index contributed by atoms with van der Waals surface area (Å²) in [7, 11) is 10.1. The Labute approximate surface area is 496 Å². The second-order valence-corrected chi connectivity index (χ2v) is 25.9. The molecule has 12 atom stereocenters. The van der Waals surface area contributed by atoms with Crippen LogP contribution in [0, 0.1) is 47.3 Å². The summed E-state index contributed by atoms with van der Waals surface area (Å²) in [4.78, 5) is 168. The van der Waals surface area contributed by atoms with Crippen molar-refractivity contribution in [3.8, 4) is 0 Å². The fourth-order valence-electron chi connectivity index (χ4n) is 10.7. The van der Waals surface area contributed by atoms with Crippen LogP contribution in [-0.4, -0.2) is 227 Å². The van der Waals surface area contributed by atoms with Crippen LogP contribution < -0.4 is 21.3 Å². The van der Waals surface area contributed by atoms with Gasteiger partial charge in [-0.05, 0) is 100 Å². The summed E-state index contributed by atoms with van der Waals surface area (Å²) in [5, 5.41) is 21.0. The maximum Gasteiger partial charge on any atom is 0.246 e. The number of nitrogens with zero attached hydrogens (tertiary/aromatic N) is 7. The zero-order valence-electron chi connectivity index (χ0n) is 54.9. The number of carbonyl (C=O) groups excluding carboxylic acids is 11. The van der Waals surface area contributed by atoms with Gasteiger partial charge in [0, 0.05) is 55.9 Å². The SMILES string of the molecule is CC(C)C[C@H]1C(=O)N[C@@H](C(C)C)C(=O)N(C)[C@@H](CC(C)C)C(=O)N[C@@H](C)C(=O)N[C@H](C)C(=O)N(C)[C@@H](CC(C)C)C(=O)N(C)[C@@H](CC(C)C)C(=O)N(C)[C@@H](C(C)C)C(=O)N(C)[C@@H]([C@H](C)[C@H](C)CCO)C(=O)N[C@@H](C)C(=O)N(C)CC(=O)N1C. The summed E-state index contributed by atoms with van der Waals surface area (Å²) in [5.74, 6) is -9.55. The number of rotatable bonds is 14. The molecule has 83 heavy (non-hydrogen) atoms. The van der Waals surface area contributed by atoms with E-state index in [-0.39, 0.29) is 68.3 Å². The molecule has 0 bridgehead atoms. The highest BCUT2D eigenvalue weighted by molar-refractivity contribution is 5.99. The molecule has 1 heterocycles. The summed E-state index contributed by atoms with van der Waals surface area (Å²) in [6.45, 7) is 29.1. The van der Waals surface area contributed by atoms with Crippen LogP contribution in [0.1, 0.15) is 150 Å². The maximum absolute atomic E-state index is 15.1. The molecule has 1 aliphatic rings. The van der Waals surface area contributed by atoms with Crippen LogP contribution in [0.3, 0.4) is 0 Å². The van der Waals surface area contributed by atoms with Gasteiger partial charge in [0.25, 0.3) is 0 Å². The highest BCUT2D eigenvalue weighted by atomic mass is 16.3. The smallest absolute Gasteiger partial charge is 0.246 e. The van der Waals surface area contributed by atoms with Crippen LogP contribution in [-0.2, 0) is 52.7 Å². The first-order chi connectivity index (χ1) is 38.2. The van der Waals surface area contributed by atoms with E-state index < -0.39 is 150 Å².